The van der Waals surface area contributed by atoms with E-state index in [9.17, 15) is 4.79 Å². The summed E-state index contributed by atoms with van der Waals surface area (Å²) in [5.74, 6) is 1.54. The van der Waals surface area contributed by atoms with Crippen molar-refractivity contribution in [1.29, 1.82) is 0 Å². The standard InChI is InChI=1S/C16H20N4OS/c1-16(2,3)13(21)10-22-15-19-18-14(20(15)12-4-5-12)11-6-8-17-9-7-11/h6-9,12H,4-5,10H2,1-3H3. The Kier molecular flexibility index (Phi) is 4.04. The summed E-state index contributed by atoms with van der Waals surface area (Å²) in [6.07, 6.45) is 5.82. The van der Waals surface area contributed by atoms with Crippen LogP contribution in [0.2, 0.25) is 0 Å². The fourth-order valence-electron chi connectivity index (χ4n) is 2.08. The lowest BCUT2D eigenvalue weighted by molar-refractivity contribution is -0.123. The van der Waals surface area contributed by atoms with E-state index in [-0.39, 0.29) is 11.2 Å². The number of ketones is 1. The second kappa shape index (κ2) is 5.83. The van der Waals surface area contributed by atoms with Crippen molar-refractivity contribution in [2.75, 3.05) is 5.75 Å². The minimum absolute atomic E-state index is 0.230. The van der Waals surface area contributed by atoms with Crippen LogP contribution in [0.25, 0.3) is 11.4 Å². The van der Waals surface area contributed by atoms with E-state index in [2.05, 4.69) is 19.7 Å². The van der Waals surface area contributed by atoms with E-state index in [1.54, 1.807) is 12.4 Å². The van der Waals surface area contributed by atoms with E-state index in [0.29, 0.717) is 11.8 Å². The summed E-state index contributed by atoms with van der Waals surface area (Å²) in [6, 6.07) is 4.35. The van der Waals surface area contributed by atoms with Gasteiger partial charge in [-0.1, -0.05) is 32.5 Å². The monoisotopic (exact) mass is 316 g/mol. The number of hydrogen-bond donors (Lipinski definition) is 0. The Balaban J connectivity index is 1.84. The minimum Gasteiger partial charge on any atom is -0.299 e. The zero-order valence-electron chi connectivity index (χ0n) is 13.1. The summed E-state index contributed by atoms with van der Waals surface area (Å²) >= 11 is 1.49. The molecule has 0 bridgehead atoms. The van der Waals surface area contributed by atoms with Gasteiger partial charge in [0.1, 0.15) is 5.78 Å². The van der Waals surface area contributed by atoms with Crippen LogP contribution in [0.1, 0.15) is 39.7 Å². The average Bonchev–Trinajstić information content (AvgIpc) is 3.24. The number of thioether (sulfide) groups is 1. The van der Waals surface area contributed by atoms with E-state index in [0.717, 1.165) is 29.4 Å². The highest BCUT2D eigenvalue weighted by Gasteiger charge is 2.31. The van der Waals surface area contributed by atoms with Crippen LogP contribution in [-0.4, -0.2) is 31.3 Å². The summed E-state index contributed by atoms with van der Waals surface area (Å²) in [5.41, 5.74) is 0.703. The fraction of sp³-hybridized carbons (Fsp3) is 0.500. The normalized spacial score (nSPS) is 15.0. The maximum absolute atomic E-state index is 12.1. The molecule has 2 aromatic heterocycles. The van der Waals surface area contributed by atoms with Crippen LogP contribution in [0.15, 0.2) is 29.7 Å². The first-order valence-corrected chi connectivity index (χ1v) is 8.47. The molecule has 1 aliphatic carbocycles. The Morgan fingerprint density at radius 2 is 1.95 bits per heavy atom. The molecule has 0 radical (unpaired) electrons. The molecule has 22 heavy (non-hydrogen) atoms. The summed E-state index contributed by atoms with van der Waals surface area (Å²) < 4.78 is 2.18. The highest BCUT2D eigenvalue weighted by Crippen LogP contribution is 2.41. The van der Waals surface area contributed by atoms with E-state index in [1.165, 1.54) is 11.8 Å². The van der Waals surface area contributed by atoms with Gasteiger partial charge in [0.05, 0.1) is 5.75 Å². The second-order valence-corrected chi connectivity index (χ2v) is 7.55. The minimum atomic E-state index is -0.314. The molecule has 1 aliphatic rings. The number of nitrogens with zero attached hydrogens (tertiary/aromatic N) is 4. The molecular formula is C16H20N4OS. The van der Waals surface area contributed by atoms with Crippen molar-refractivity contribution in [3.63, 3.8) is 0 Å². The number of pyridine rings is 1. The zero-order valence-corrected chi connectivity index (χ0v) is 13.9. The van der Waals surface area contributed by atoms with Crippen LogP contribution >= 0.6 is 11.8 Å². The molecule has 5 nitrogen and oxygen atoms in total. The van der Waals surface area contributed by atoms with Gasteiger partial charge in [0.15, 0.2) is 11.0 Å². The molecule has 0 aromatic carbocycles. The van der Waals surface area contributed by atoms with Crippen LogP contribution in [0.4, 0.5) is 0 Å². The van der Waals surface area contributed by atoms with Crippen LogP contribution < -0.4 is 0 Å². The van der Waals surface area contributed by atoms with Gasteiger partial charge < -0.3 is 0 Å². The molecule has 0 aliphatic heterocycles. The van der Waals surface area contributed by atoms with Gasteiger partial charge in [-0.3, -0.25) is 14.3 Å². The van der Waals surface area contributed by atoms with Gasteiger partial charge >= 0.3 is 0 Å². The molecule has 6 heteroatoms. The van der Waals surface area contributed by atoms with Crippen LogP contribution in [0.5, 0.6) is 0 Å². The van der Waals surface area contributed by atoms with Crippen LogP contribution in [0.3, 0.4) is 0 Å². The summed E-state index contributed by atoms with van der Waals surface area (Å²) in [4.78, 5) is 16.2. The number of rotatable bonds is 5. The molecule has 2 aromatic rings. The van der Waals surface area contributed by atoms with Gasteiger partial charge in [-0.2, -0.15) is 0 Å². The van der Waals surface area contributed by atoms with E-state index >= 15 is 0 Å². The molecule has 0 spiro atoms. The lowest BCUT2D eigenvalue weighted by atomic mass is 9.92. The number of carbonyl (C=O) groups excluding carboxylic acids is 1. The molecule has 116 valence electrons. The van der Waals surface area contributed by atoms with Crippen LogP contribution in [-0.2, 0) is 4.79 Å². The molecule has 2 heterocycles. The molecule has 0 atom stereocenters. The largest absolute Gasteiger partial charge is 0.299 e. The Labute approximate surface area is 134 Å². The van der Waals surface area contributed by atoms with Gasteiger partial charge in [0.2, 0.25) is 0 Å². The Morgan fingerprint density at radius 3 is 2.55 bits per heavy atom. The first-order valence-electron chi connectivity index (χ1n) is 7.48. The molecule has 0 N–H and O–H groups in total. The molecular weight excluding hydrogens is 296 g/mol. The second-order valence-electron chi connectivity index (χ2n) is 6.61. The summed E-state index contributed by atoms with van der Waals surface area (Å²) in [6.45, 7) is 5.84. The highest BCUT2D eigenvalue weighted by atomic mass is 32.2. The average molecular weight is 316 g/mol. The zero-order chi connectivity index (χ0) is 15.7. The molecule has 1 saturated carbocycles. The van der Waals surface area contributed by atoms with Crippen molar-refractivity contribution in [1.82, 2.24) is 19.7 Å². The van der Waals surface area contributed by atoms with E-state index < -0.39 is 0 Å². The SMILES string of the molecule is CC(C)(C)C(=O)CSc1nnc(-c2ccncc2)n1C1CC1. The van der Waals surface area contributed by atoms with Crippen LogP contribution in [0, 0.1) is 5.41 Å². The van der Waals surface area contributed by atoms with Crippen molar-refractivity contribution >= 4 is 17.5 Å². The third kappa shape index (κ3) is 3.21. The van der Waals surface area contributed by atoms with Gasteiger partial charge in [-0.05, 0) is 25.0 Å². The van der Waals surface area contributed by atoms with Gasteiger partial charge in [-0.15, -0.1) is 10.2 Å². The van der Waals surface area contributed by atoms with Gasteiger partial charge in [0.25, 0.3) is 0 Å². The van der Waals surface area contributed by atoms with Gasteiger partial charge in [-0.25, -0.2) is 0 Å². The lowest BCUT2D eigenvalue weighted by Crippen LogP contribution is -2.22. The number of carbonyl (C=O) groups is 1. The third-order valence-electron chi connectivity index (χ3n) is 3.68. The van der Waals surface area contributed by atoms with Crippen molar-refractivity contribution in [2.24, 2.45) is 5.41 Å². The number of Topliss-reactive ketones (excluding diaryl/α,β-unsaturated/α-hetero) is 1. The molecule has 0 saturated heterocycles. The van der Waals surface area contributed by atoms with E-state index in [4.69, 9.17) is 0 Å². The number of hydrogen-bond acceptors (Lipinski definition) is 5. The maximum atomic E-state index is 12.1. The van der Waals surface area contributed by atoms with E-state index in [1.807, 2.05) is 32.9 Å². The van der Waals surface area contributed by atoms with Crippen molar-refractivity contribution in [3.05, 3.63) is 24.5 Å². The molecule has 0 amide bonds. The smallest absolute Gasteiger partial charge is 0.192 e. The summed E-state index contributed by atoms with van der Waals surface area (Å²) in [7, 11) is 0. The van der Waals surface area contributed by atoms with Crippen molar-refractivity contribution in [3.8, 4) is 11.4 Å². The first-order chi connectivity index (χ1) is 10.5. The topological polar surface area (TPSA) is 60.7 Å². The summed E-state index contributed by atoms with van der Waals surface area (Å²) in [5, 5.41) is 9.49. The predicted octanol–water partition coefficient (Wildman–Crippen LogP) is 3.38. The predicted molar refractivity (Wildman–Crippen MR) is 86.7 cm³/mol. The highest BCUT2D eigenvalue weighted by molar-refractivity contribution is 7.99. The molecule has 0 unspecified atom stereocenters. The fourth-order valence-corrected chi connectivity index (χ4v) is 3.25. The van der Waals surface area contributed by atoms with Crippen molar-refractivity contribution < 1.29 is 4.79 Å². The molecule has 3 rings (SSSR count). The van der Waals surface area contributed by atoms with Crippen molar-refractivity contribution in [2.45, 2.75) is 44.8 Å². The number of aromatic nitrogens is 4. The van der Waals surface area contributed by atoms with Gasteiger partial charge in [0, 0.05) is 29.4 Å². The maximum Gasteiger partial charge on any atom is 0.192 e. The molecule has 1 fully saturated rings. The Hall–Kier alpha value is -1.69. The Bertz CT molecular complexity index is 671. The third-order valence-corrected chi connectivity index (χ3v) is 4.63. The first kappa shape index (κ1) is 15.2. The quantitative estimate of drug-likeness (QED) is 0.791. The Morgan fingerprint density at radius 1 is 1.27 bits per heavy atom. The lowest BCUT2D eigenvalue weighted by Gasteiger charge is -2.16.